The van der Waals surface area contributed by atoms with Gasteiger partial charge in [0.1, 0.15) is 0 Å². The van der Waals surface area contributed by atoms with E-state index in [1.165, 1.54) is 0 Å². The molecule has 0 saturated carbocycles. The summed E-state index contributed by atoms with van der Waals surface area (Å²) < 4.78 is 0. The second-order valence-corrected chi connectivity index (χ2v) is 2.99. The van der Waals surface area contributed by atoms with E-state index < -0.39 is 0 Å². The van der Waals surface area contributed by atoms with E-state index in [0.29, 0.717) is 5.92 Å². The maximum Gasteiger partial charge on any atom is 0.223 e. The molecule has 1 fully saturated rings. The summed E-state index contributed by atoms with van der Waals surface area (Å²) in [7, 11) is 0. The number of carbonyl (C=O) groups excluding carboxylic acids is 1. The lowest BCUT2D eigenvalue weighted by molar-refractivity contribution is -0.122. The van der Waals surface area contributed by atoms with Crippen molar-refractivity contribution < 1.29 is 4.79 Å². The SMILES string of the molecule is C=C(C)[C@@H]1CNC(=O)[C@H]1C. The van der Waals surface area contributed by atoms with Gasteiger partial charge in [-0.2, -0.15) is 0 Å². The Bertz CT molecular complexity index is 174. The van der Waals surface area contributed by atoms with Crippen LogP contribution in [0.5, 0.6) is 0 Å². The average Bonchev–Trinajstić information content (AvgIpc) is 2.14. The minimum Gasteiger partial charge on any atom is -0.355 e. The van der Waals surface area contributed by atoms with Gasteiger partial charge in [-0.3, -0.25) is 4.79 Å². The number of amides is 1. The highest BCUT2D eigenvalue weighted by molar-refractivity contribution is 5.81. The van der Waals surface area contributed by atoms with Crippen molar-refractivity contribution in [1.29, 1.82) is 0 Å². The van der Waals surface area contributed by atoms with Crippen molar-refractivity contribution in [3.63, 3.8) is 0 Å². The molecule has 56 valence electrons. The summed E-state index contributed by atoms with van der Waals surface area (Å²) in [6.07, 6.45) is 0. The van der Waals surface area contributed by atoms with Crippen LogP contribution in [0.15, 0.2) is 12.2 Å². The van der Waals surface area contributed by atoms with Crippen LogP contribution < -0.4 is 5.32 Å². The van der Waals surface area contributed by atoms with Crippen molar-refractivity contribution in [3.8, 4) is 0 Å². The Morgan fingerprint density at radius 3 is 2.60 bits per heavy atom. The molecule has 0 aromatic carbocycles. The fourth-order valence-corrected chi connectivity index (χ4v) is 1.33. The summed E-state index contributed by atoms with van der Waals surface area (Å²) >= 11 is 0. The van der Waals surface area contributed by atoms with Crippen molar-refractivity contribution in [1.82, 2.24) is 5.32 Å². The summed E-state index contributed by atoms with van der Waals surface area (Å²) in [6.45, 7) is 8.52. The van der Waals surface area contributed by atoms with E-state index in [1.807, 2.05) is 13.8 Å². The molecule has 2 heteroatoms. The minimum absolute atomic E-state index is 0.123. The zero-order chi connectivity index (χ0) is 7.72. The van der Waals surface area contributed by atoms with Gasteiger partial charge in [-0.25, -0.2) is 0 Å². The summed E-state index contributed by atoms with van der Waals surface area (Å²) in [6, 6.07) is 0. The van der Waals surface area contributed by atoms with Crippen molar-refractivity contribution in [2.45, 2.75) is 13.8 Å². The Hall–Kier alpha value is -0.790. The van der Waals surface area contributed by atoms with Crippen molar-refractivity contribution in [2.24, 2.45) is 11.8 Å². The maximum atomic E-state index is 10.9. The molecule has 1 aliphatic rings. The normalized spacial score (nSPS) is 32.0. The first-order valence-corrected chi connectivity index (χ1v) is 3.56. The molecule has 0 radical (unpaired) electrons. The van der Waals surface area contributed by atoms with E-state index in [1.54, 1.807) is 0 Å². The Morgan fingerprint density at radius 1 is 1.80 bits per heavy atom. The smallest absolute Gasteiger partial charge is 0.223 e. The molecular weight excluding hydrogens is 126 g/mol. The van der Waals surface area contributed by atoms with Gasteiger partial charge in [0.05, 0.1) is 0 Å². The predicted octanol–water partition coefficient (Wildman–Crippen LogP) is 0.945. The number of carbonyl (C=O) groups is 1. The van der Waals surface area contributed by atoms with Crippen LogP contribution in [0, 0.1) is 11.8 Å². The highest BCUT2D eigenvalue weighted by Crippen LogP contribution is 2.22. The largest absolute Gasteiger partial charge is 0.355 e. The van der Waals surface area contributed by atoms with E-state index in [2.05, 4.69) is 11.9 Å². The second kappa shape index (κ2) is 2.45. The molecule has 10 heavy (non-hydrogen) atoms. The van der Waals surface area contributed by atoms with Gasteiger partial charge in [-0.05, 0) is 6.92 Å². The minimum atomic E-state index is 0.123. The zero-order valence-electron chi connectivity index (χ0n) is 6.48. The van der Waals surface area contributed by atoms with Gasteiger partial charge in [0, 0.05) is 18.4 Å². The zero-order valence-corrected chi connectivity index (χ0v) is 6.48. The van der Waals surface area contributed by atoms with Crippen molar-refractivity contribution >= 4 is 5.91 Å². The van der Waals surface area contributed by atoms with Gasteiger partial charge in [0.2, 0.25) is 5.91 Å². The van der Waals surface area contributed by atoms with E-state index >= 15 is 0 Å². The van der Waals surface area contributed by atoms with E-state index in [4.69, 9.17) is 0 Å². The lowest BCUT2D eigenvalue weighted by Crippen LogP contribution is -2.17. The molecular formula is C8H13NO. The topological polar surface area (TPSA) is 29.1 Å². The van der Waals surface area contributed by atoms with Crippen molar-refractivity contribution in [2.75, 3.05) is 6.54 Å². The van der Waals surface area contributed by atoms with Crippen LogP contribution in [0.3, 0.4) is 0 Å². The van der Waals surface area contributed by atoms with E-state index in [-0.39, 0.29) is 11.8 Å². The maximum absolute atomic E-state index is 10.9. The van der Waals surface area contributed by atoms with Gasteiger partial charge < -0.3 is 5.32 Å². The monoisotopic (exact) mass is 139 g/mol. The summed E-state index contributed by atoms with van der Waals surface area (Å²) in [5.41, 5.74) is 1.10. The molecule has 1 amide bonds. The highest BCUT2D eigenvalue weighted by atomic mass is 16.2. The van der Waals surface area contributed by atoms with Crippen LogP contribution in [-0.2, 0) is 4.79 Å². The number of hydrogen-bond acceptors (Lipinski definition) is 1. The molecule has 1 rings (SSSR count). The number of rotatable bonds is 1. The fraction of sp³-hybridized carbons (Fsp3) is 0.625. The van der Waals surface area contributed by atoms with Crippen LogP contribution in [0.1, 0.15) is 13.8 Å². The van der Waals surface area contributed by atoms with Crippen LogP contribution >= 0.6 is 0 Å². The van der Waals surface area contributed by atoms with Crippen LogP contribution in [-0.4, -0.2) is 12.5 Å². The molecule has 0 aliphatic carbocycles. The van der Waals surface area contributed by atoms with Crippen LogP contribution in [0.2, 0.25) is 0 Å². The number of nitrogens with one attached hydrogen (secondary N) is 1. The fourth-order valence-electron chi connectivity index (χ4n) is 1.33. The summed E-state index contributed by atoms with van der Waals surface area (Å²) in [5.74, 6) is 0.637. The van der Waals surface area contributed by atoms with Gasteiger partial charge in [-0.1, -0.05) is 19.1 Å². The molecule has 1 saturated heterocycles. The second-order valence-electron chi connectivity index (χ2n) is 2.99. The lowest BCUT2D eigenvalue weighted by atomic mass is 9.92. The lowest BCUT2D eigenvalue weighted by Gasteiger charge is -2.10. The molecule has 1 aliphatic heterocycles. The third-order valence-electron chi connectivity index (χ3n) is 2.15. The first-order chi connectivity index (χ1) is 4.63. The standard InChI is InChI=1S/C8H13NO/c1-5(2)7-4-9-8(10)6(7)3/h6-7H,1,4H2,2-3H3,(H,9,10)/t6-,7-/m0/s1. The predicted molar refractivity (Wildman–Crippen MR) is 40.5 cm³/mol. The van der Waals surface area contributed by atoms with E-state index in [9.17, 15) is 4.79 Å². The van der Waals surface area contributed by atoms with Crippen LogP contribution in [0.4, 0.5) is 0 Å². The molecule has 1 N–H and O–H groups in total. The van der Waals surface area contributed by atoms with Crippen LogP contribution in [0.25, 0.3) is 0 Å². The third-order valence-corrected chi connectivity index (χ3v) is 2.15. The van der Waals surface area contributed by atoms with Gasteiger partial charge >= 0.3 is 0 Å². The first kappa shape index (κ1) is 7.32. The Balaban J connectivity index is 2.66. The molecule has 0 aromatic heterocycles. The van der Waals surface area contributed by atoms with E-state index in [0.717, 1.165) is 12.1 Å². The average molecular weight is 139 g/mol. The highest BCUT2D eigenvalue weighted by Gasteiger charge is 2.30. The van der Waals surface area contributed by atoms with Crippen molar-refractivity contribution in [3.05, 3.63) is 12.2 Å². The molecule has 2 nitrogen and oxygen atoms in total. The quantitative estimate of drug-likeness (QED) is 0.538. The summed E-state index contributed by atoms with van der Waals surface area (Å²) in [5, 5.41) is 2.80. The Labute approximate surface area is 61.3 Å². The Kier molecular flexibility index (Phi) is 1.79. The molecule has 0 spiro atoms. The van der Waals surface area contributed by atoms with Gasteiger partial charge in [0.25, 0.3) is 0 Å². The Morgan fingerprint density at radius 2 is 2.40 bits per heavy atom. The first-order valence-electron chi connectivity index (χ1n) is 3.56. The molecule has 0 unspecified atom stereocenters. The summed E-state index contributed by atoms with van der Waals surface area (Å²) in [4.78, 5) is 10.9. The molecule has 1 heterocycles. The third kappa shape index (κ3) is 1.06. The molecule has 0 aromatic rings. The van der Waals surface area contributed by atoms with Gasteiger partial charge in [0.15, 0.2) is 0 Å². The van der Waals surface area contributed by atoms with Gasteiger partial charge in [-0.15, -0.1) is 0 Å². The molecule has 0 bridgehead atoms. The number of hydrogen-bond donors (Lipinski definition) is 1. The molecule has 2 atom stereocenters.